The molecule has 1 aliphatic rings. The maximum absolute atomic E-state index is 14.2. The molecule has 2 aromatic rings. The van der Waals surface area contributed by atoms with E-state index in [0.717, 1.165) is 24.4 Å². The van der Waals surface area contributed by atoms with Crippen LogP contribution in [0.4, 0.5) is 23.2 Å². The fraction of sp³-hybridized carbons (Fsp3) is 0.250. The van der Waals surface area contributed by atoms with Crippen LogP contribution in [0.2, 0.25) is 0 Å². The molecule has 0 bridgehead atoms. The number of nitrogens with one attached hydrogen (secondary N) is 1. The summed E-state index contributed by atoms with van der Waals surface area (Å²) in [5, 5.41) is 12.6. The van der Waals surface area contributed by atoms with E-state index in [9.17, 15) is 22.7 Å². The molecule has 1 atom stereocenters. The maximum atomic E-state index is 14.2. The average molecular weight is 409 g/mol. The molecule has 0 aliphatic carbocycles. The number of anilines is 1. The zero-order valence-electron chi connectivity index (χ0n) is 15.7. The number of guanidine groups is 1. The molecule has 9 heteroatoms. The number of aliphatic hydroxyl groups excluding tert-OH is 1. The number of rotatable bonds is 5. The van der Waals surface area contributed by atoms with Crippen molar-refractivity contribution in [2.75, 3.05) is 11.9 Å². The second-order valence-electron chi connectivity index (χ2n) is 6.40. The van der Waals surface area contributed by atoms with Crippen molar-refractivity contribution in [3.63, 3.8) is 0 Å². The van der Waals surface area contributed by atoms with Gasteiger partial charge in [-0.15, -0.1) is 0 Å². The van der Waals surface area contributed by atoms with Crippen molar-refractivity contribution in [1.29, 1.82) is 0 Å². The number of aliphatic imine (C=N–C) groups is 1. The number of benzene rings is 2. The normalized spacial score (nSPS) is 16.4. The smallest absolute Gasteiger partial charge is 0.205 e. The fourth-order valence-corrected chi connectivity index (χ4v) is 2.83. The van der Waals surface area contributed by atoms with E-state index in [1.54, 1.807) is 13.8 Å². The molecule has 29 heavy (non-hydrogen) atoms. The number of aryl methyl sites for hydroxylation is 1. The number of halogens is 4. The van der Waals surface area contributed by atoms with Crippen molar-refractivity contribution in [2.24, 2.45) is 4.99 Å². The highest BCUT2D eigenvalue weighted by Crippen LogP contribution is 2.27. The summed E-state index contributed by atoms with van der Waals surface area (Å²) in [5.74, 6) is -3.05. The minimum Gasteiger partial charge on any atom is -0.491 e. The van der Waals surface area contributed by atoms with Crippen molar-refractivity contribution in [3.8, 4) is 5.75 Å². The highest BCUT2D eigenvalue weighted by atomic mass is 19.1. The lowest BCUT2D eigenvalue weighted by Gasteiger charge is -2.28. The monoisotopic (exact) mass is 409 g/mol. The van der Waals surface area contributed by atoms with E-state index >= 15 is 0 Å². The number of hydrogen-bond donors (Lipinski definition) is 2. The zero-order valence-corrected chi connectivity index (χ0v) is 15.7. The average Bonchev–Trinajstić information content (AvgIpc) is 2.62. The first-order chi connectivity index (χ1) is 13.8. The molecule has 2 aromatic carbocycles. The molecule has 1 heterocycles. The van der Waals surface area contributed by atoms with E-state index in [1.165, 1.54) is 17.0 Å². The van der Waals surface area contributed by atoms with Gasteiger partial charge in [-0.1, -0.05) is 0 Å². The number of ether oxygens (including phenoxy) is 1. The molecular weight excluding hydrogens is 390 g/mol. The van der Waals surface area contributed by atoms with Crippen molar-refractivity contribution in [1.82, 2.24) is 4.90 Å². The Balaban J connectivity index is 1.89. The molecule has 0 aromatic heterocycles. The van der Waals surface area contributed by atoms with Crippen LogP contribution in [0, 0.1) is 24.4 Å². The first-order valence-corrected chi connectivity index (χ1v) is 8.81. The second-order valence-corrected chi connectivity index (χ2v) is 6.40. The summed E-state index contributed by atoms with van der Waals surface area (Å²) in [5.41, 5.74) is 1.13. The molecule has 0 saturated heterocycles. The summed E-state index contributed by atoms with van der Waals surface area (Å²) in [4.78, 5) is 5.04. The highest BCUT2D eigenvalue weighted by molar-refractivity contribution is 5.95. The Labute approximate surface area is 164 Å². The van der Waals surface area contributed by atoms with Crippen LogP contribution >= 0.6 is 0 Å². The fourth-order valence-electron chi connectivity index (χ4n) is 2.83. The number of hydrogen-bond acceptors (Lipinski definition) is 5. The van der Waals surface area contributed by atoms with Gasteiger partial charge in [0.25, 0.3) is 0 Å². The van der Waals surface area contributed by atoms with E-state index in [4.69, 9.17) is 4.74 Å². The summed E-state index contributed by atoms with van der Waals surface area (Å²) in [6, 6.07) is 5.59. The van der Waals surface area contributed by atoms with Crippen molar-refractivity contribution < 1.29 is 27.4 Å². The van der Waals surface area contributed by atoms with Gasteiger partial charge < -0.3 is 20.1 Å². The Morgan fingerprint density at radius 1 is 1.10 bits per heavy atom. The van der Waals surface area contributed by atoms with E-state index in [2.05, 4.69) is 10.3 Å². The Kier molecular flexibility index (Phi) is 6.07. The minimum atomic E-state index is -1.74. The number of nitrogens with zero attached hydrogens (tertiary/aromatic N) is 2. The predicted octanol–water partition coefficient (Wildman–Crippen LogP) is 4.22. The van der Waals surface area contributed by atoms with Gasteiger partial charge in [0.1, 0.15) is 11.6 Å². The van der Waals surface area contributed by atoms with Crippen molar-refractivity contribution >= 4 is 11.6 Å². The summed E-state index contributed by atoms with van der Waals surface area (Å²) >= 11 is 0. The largest absolute Gasteiger partial charge is 0.491 e. The molecule has 3 rings (SSSR count). The van der Waals surface area contributed by atoms with Crippen LogP contribution in [0.15, 0.2) is 47.4 Å². The van der Waals surface area contributed by atoms with Gasteiger partial charge in [-0.05, 0) is 43.2 Å². The van der Waals surface area contributed by atoms with Gasteiger partial charge in [0.15, 0.2) is 17.4 Å². The van der Waals surface area contributed by atoms with E-state index < -0.39 is 29.5 Å². The lowest BCUT2D eigenvalue weighted by Crippen LogP contribution is -2.37. The molecule has 0 radical (unpaired) electrons. The highest BCUT2D eigenvalue weighted by Gasteiger charge is 2.23. The van der Waals surface area contributed by atoms with Gasteiger partial charge in [0, 0.05) is 24.0 Å². The summed E-state index contributed by atoms with van der Waals surface area (Å²) in [7, 11) is 0. The molecule has 0 amide bonds. The summed E-state index contributed by atoms with van der Waals surface area (Å²) in [6.07, 6.45) is -0.783. The van der Waals surface area contributed by atoms with Crippen molar-refractivity contribution in [3.05, 3.63) is 70.9 Å². The predicted molar refractivity (Wildman–Crippen MR) is 100 cm³/mol. The van der Waals surface area contributed by atoms with Gasteiger partial charge in [-0.3, -0.25) is 0 Å². The molecule has 0 fully saturated rings. The Bertz CT molecular complexity index is 958. The third kappa shape index (κ3) is 4.86. The molecule has 154 valence electrons. The quantitative estimate of drug-likeness (QED) is 0.726. The molecular formula is C20H19F4N3O2. The zero-order chi connectivity index (χ0) is 21.1. The third-order valence-electron chi connectivity index (χ3n) is 4.14. The van der Waals surface area contributed by atoms with Crippen LogP contribution in [0.1, 0.15) is 18.1 Å². The molecule has 5 nitrogen and oxygen atoms in total. The van der Waals surface area contributed by atoms with Gasteiger partial charge in [-0.2, -0.15) is 0 Å². The lowest BCUT2D eigenvalue weighted by atomic mass is 10.1. The molecule has 0 saturated carbocycles. The van der Waals surface area contributed by atoms with Crippen LogP contribution in [-0.4, -0.2) is 28.8 Å². The summed E-state index contributed by atoms with van der Waals surface area (Å²) < 4.78 is 60.3. The third-order valence-corrected chi connectivity index (χ3v) is 4.14. The van der Waals surface area contributed by atoms with Crippen LogP contribution in [0.5, 0.6) is 5.75 Å². The molecule has 0 spiro atoms. The van der Waals surface area contributed by atoms with Gasteiger partial charge in [0.05, 0.1) is 13.2 Å². The second kappa shape index (κ2) is 8.52. The lowest BCUT2D eigenvalue weighted by molar-refractivity contribution is 0.181. The van der Waals surface area contributed by atoms with Crippen LogP contribution in [0.25, 0.3) is 0 Å². The first kappa shape index (κ1) is 20.7. The Morgan fingerprint density at radius 3 is 2.45 bits per heavy atom. The SMILES string of the molecule is CCOc1cc(C)c(NC2=NC(O)C(F)=CN2Cc2cc(F)cc(F)c2)cc1F. The molecule has 1 aliphatic heterocycles. The minimum absolute atomic E-state index is 0.0183. The topological polar surface area (TPSA) is 57.1 Å². The van der Waals surface area contributed by atoms with Gasteiger partial charge >= 0.3 is 0 Å². The standard InChI is InChI=1S/C20H19F4N3O2/c1-3-29-18-4-11(2)17(8-15(18)23)25-20-26-19(28)16(24)10-27(20)9-12-5-13(21)7-14(22)6-12/h4-8,10,19,28H,3,9H2,1-2H3,(H,25,26). The Morgan fingerprint density at radius 2 is 1.79 bits per heavy atom. The van der Waals surface area contributed by atoms with E-state index in [-0.39, 0.29) is 23.8 Å². The molecule has 1 unspecified atom stereocenters. The molecule has 2 N–H and O–H groups in total. The van der Waals surface area contributed by atoms with Crippen molar-refractivity contribution in [2.45, 2.75) is 26.6 Å². The maximum Gasteiger partial charge on any atom is 0.205 e. The number of aliphatic hydroxyl groups is 1. The summed E-state index contributed by atoms with van der Waals surface area (Å²) in [6.45, 7) is 3.59. The van der Waals surface area contributed by atoms with Crippen LogP contribution < -0.4 is 10.1 Å². The van der Waals surface area contributed by atoms with E-state index in [0.29, 0.717) is 17.9 Å². The van der Waals surface area contributed by atoms with Crippen LogP contribution in [0.3, 0.4) is 0 Å². The Hall–Kier alpha value is -3.07. The van der Waals surface area contributed by atoms with Crippen LogP contribution in [-0.2, 0) is 6.54 Å². The van der Waals surface area contributed by atoms with Gasteiger partial charge in [-0.25, -0.2) is 22.6 Å². The van der Waals surface area contributed by atoms with E-state index in [1.807, 2.05) is 0 Å². The first-order valence-electron chi connectivity index (χ1n) is 8.81. The van der Waals surface area contributed by atoms with Gasteiger partial charge in [0.2, 0.25) is 12.2 Å².